The zero-order valence-electron chi connectivity index (χ0n) is 18.0. The van der Waals surface area contributed by atoms with E-state index in [4.69, 9.17) is 4.74 Å². The predicted octanol–water partition coefficient (Wildman–Crippen LogP) is 1.42. The summed E-state index contributed by atoms with van der Waals surface area (Å²) < 4.78 is 32.8. The summed E-state index contributed by atoms with van der Waals surface area (Å²) in [5.41, 5.74) is 0.710. The summed E-state index contributed by atoms with van der Waals surface area (Å²) in [6, 6.07) is 6.85. The fourth-order valence-corrected chi connectivity index (χ4v) is 4.98. The minimum Gasteiger partial charge on any atom is -0.439 e. The molecule has 3 N–H and O–H groups in total. The van der Waals surface area contributed by atoms with Gasteiger partial charge in [-0.2, -0.15) is 4.72 Å². The van der Waals surface area contributed by atoms with Crippen LogP contribution in [0.1, 0.15) is 51.0 Å². The lowest BCUT2D eigenvalue weighted by atomic mass is 9.85. The molecule has 3 rings (SSSR count). The normalized spacial score (nSPS) is 22.6. The third-order valence-corrected chi connectivity index (χ3v) is 6.72. The fourth-order valence-electron chi connectivity index (χ4n) is 3.96. The van der Waals surface area contributed by atoms with Crippen molar-refractivity contribution in [2.45, 2.75) is 63.8 Å². The van der Waals surface area contributed by atoms with Gasteiger partial charge in [-0.15, -0.1) is 0 Å². The Balaban J connectivity index is 1.70. The lowest BCUT2D eigenvalue weighted by Gasteiger charge is -2.36. The SMILES string of the molecule is CC(=O)O[C@@H]1NC(=O)[C@H]1NC(=O)[C@H](CC1CCCCC1)NS(=O)(=O)/C=C/c1ccccc1. The molecule has 0 aromatic heterocycles. The number of amides is 2. The fraction of sp³-hybridized carbons (Fsp3) is 0.500. The molecule has 1 aromatic rings. The van der Waals surface area contributed by atoms with E-state index in [9.17, 15) is 22.8 Å². The van der Waals surface area contributed by atoms with E-state index < -0.39 is 46.1 Å². The largest absolute Gasteiger partial charge is 0.439 e. The number of rotatable bonds is 9. The van der Waals surface area contributed by atoms with Crippen molar-refractivity contribution in [1.29, 1.82) is 0 Å². The highest BCUT2D eigenvalue weighted by Crippen LogP contribution is 2.27. The summed E-state index contributed by atoms with van der Waals surface area (Å²) in [6.07, 6.45) is 5.87. The predicted molar refractivity (Wildman–Crippen MR) is 118 cm³/mol. The minimum atomic E-state index is -3.92. The van der Waals surface area contributed by atoms with E-state index in [-0.39, 0.29) is 5.92 Å². The molecule has 10 heteroatoms. The van der Waals surface area contributed by atoms with Crippen LogP contribution in [0.3, 0.4) is 0 Å². The van der Waals surface area contributed by atoms with Crippen LogP contribution in [0.2, 0.25) is 0 Å². The Hall–Kier alpha value is -2.72. The number of hydrogen-bond donors (Lipinski definition) is 3. The molecule has 2 aliphatic rings. The average Bonchev–Trinajstić information content (AvgIpc) is 2.76. The number of hydrogen-bond acceptors (Lipinski definition) is 6. The Bertz CT molecular complexity index is 957. The van der Waals surface area contributed by atoms with Crippen LogP contribution >= 0.6 is 0 Å². The molecule has 3 atom stereocenters. The van der Waals surface area contributed by atoms with Gasteiger partial charge in [-0.3, -0.25) is 14.4 Å². The van der Waals surface area contributed by atoms with Crippen LogP contribution in [0, 0.1) is 5.92 Å². The smallest absolute Gasteiger partial charge is 0.304 e. The van der Waals surface area contributed by atoms with Gasteiger partial charge in [0.1, 0.15) is 6.04 Å². The van der Waals surface area contributed by atoms with Crippen molar-refractivity contribution >= 4 is 33.9 Å². The lowest BCUT2D eigenvalue weighted by Crippen LogP contribution is -2.71. The van der Waals surface area contributed by atoms with E-state index in [2.05, 4.69) is 15.4 Å². The topological polar surface area (TPSA) is 131 Å². The van der Waals surface area contributed by atoms with Crippen molar-refractivity contribution < 1.29 is 27.5 Å². The maximum Gasteiger partial charge on any atom is 0.304 e. The molecule has 174 valence electrons. The second-order valence-corrected chi connectivity index (χ2v) is 9.79. The number of carbonyl (C=O) groups excluding carboxylic acids is 3. The monoisotopic (exact) mass is 463 g/mol. The average molecular weight is 464 g/mol. The van der Waals surface area contributed by atoms with Gasteiger partial charge in [0.05, 0.1) is 0 Å². The highest BCUT2D eigenvalue weighted by Gasteiger charge is 2.44. The molecule has 1 saturated heterocycles. The Labute approximate surface area is 188 Å². The highest BCUT2D eigenvalue weighted by atomic mass is 32.2. The van der Waals surface area contributed by atoms with Crippen LogP contribution in [-0.2, 0) is 29.1 Å². The van der Waals surface area contributed by atoms with E-state index >= 15 is 0 Å². The van der Waals surface area contributed by atoms with Crippen molar-refractivity contribution in [3.05, 3.63) is 41.3 Å². The molecule has 32 heavy (non-hydrogen) atoms. The molecule has 0 bridgehead atoms. The summed E-state index contributed by atoms with van der Waals surface area (Å²) in [5, 5.41) is 5.95. The molecule has 1 aromatic carbocycles. The first-order valence-electron chi connectivity index (χ1n) is 10.8. The summed E-state index contributed by atoms with van der Waals surface area (Å²) in [7, 11) is -3.92. The Morgan fingerprint density at radius 2 is 1.88 bits per heavy atom. The lowest BCUT2D eigenvalue weighted by molar-refractivity contribution is -0.164. The molecular formula is C22H29N3O6S. The van der Waals surface area contributed by atoms with E-state index in [1.165, 1.54) is 13.0 Å². The molecule has 0 unspecified atom stereocenters. The van der Waals surface area contributed by atoms with Crippen molar-refractivity contribution in [2.75, 3.05) is 0 Å². The molecule has 1 aliphatic carbocycles. The quantitative estimate of drug-likeness (QED) is 0.375. The van der Waals surface area contributed by atoms with Gasteiger partial charge in [0, 0.05) is 12.3 Å². The maximum atomic E-state index is 13.0. The highest BCUT2D eigenvalue weighted by molar-refractivity contribution is 7.92. The van der Waals surface area contributed by atoms with Gasteiger partial charge in [-0.05, 0) is 24.0 Å². The van der Waals surface area contributed by atoms with Crippen LogP contribution < -0.4 is 15.4 Å². The standard InChI is InChI=1S/C22H29N3O6S/c1-15(26)31-22-19(21(28)24-22)23-20(27)18(14-17-10-6-3-7-11-17)25-32(29,30)13-12-16-8-4-2-5-9-16/h2,4-5,8-9,12-13,17-19,22,25H,3,6-7,10-11,14H2,1H3,(H,23,27)(H,24,28)/b13-12+/t18-,19+,22-/m0/s1. The number of carbonyl (C=O) groups is 3. The number of nitrogens with one attached hydrogen (secondary N) is 3. The number of ether oxygens (including phenoxy) is 1. The number of sulfonamides is 1. The van der Waals surface area contributed by atoms with E-state index in [0.717, 1.165) is 37.5 Å². The number of β-lactam (4-membered cyclic amide) rings is 1. The molecule has 0 radical (unpaired) electrons. The third kappa shape index (κ3) is 6.89. The molecule has 9 nitrogen and oxygen atoms in total. The summed E-state index contributed by atoms with van der Waals surface area (Å²) >= 11 is 0. The summed E-state index contributed by atoms with van der Waals surface area (Å²) in [6.45, 7) is 1.20. The first kappa shape index (κ1) is 23.9. The molecule has 1 aliphatic heterocycles. The van der Waals surface area contributed by atoms with Gasteiger partial charge in [0.25, 0.3) is 5.91 Å². The van der Waals surface area contributed by atoms with Crippen LogP contribution in [0.15, 0.2) is 35.7 Å². The van der Waals surface area contributed by atoms with Gasteiger partial charge in [0.2, 0.25) is 22.2 Å². The van der Waals surface area contributed by atoms with Gasteiger partial charge in [0.15, 0.2) is 6.04 Å². The first-order chi connectivity index (χ1) is 15.2. The molecule has 2 fully saturated rings. The molecule has 2 amide bonds. The van der Waals surface area contributed by atoms with Crippen LogP contribution in [0.25, 0.3) is 6.08 Å². The van der Waals surface area contributed by atoms with E-state index in [1.807, 2.05) is 6.07 Å². The van der Waals surface area contributed by atoms with Crippen molar-refractivity contribution in [1.82, 2.24) is 15.4 Å². The Morgan fingerprint density at radius 3 is 2.50 bits per heavy atom. The van der Waals surface area contributed by atoms with Crippen LogP contribution in [-0.4, -0.2) is 44.5 Å². The zero-order valence-corrected chi connectivity index (χ0v) is 18.8. The number of benzene rings is 1. The van der Waals surface area contributed by atoms with Crippen molar-refractivity contribution in [3.8, 4) is 0 Å². The van der Waals surface area contributed by atoms with Crippen LogP contribution in [0.5, 0.6) is 0 Å². The van der Waals surface area contributed by atoms with Gasteiger partial charge in [-0.1, -0.05) is 62.4 Å². The van der Waals surface area contributed by atoms with Crippen LogP contribution in [0.4, 0.5) is 0 Å². The van der Waals surface area contributed by atoms with Gasteiger partial charge < -0.3 is 15.4 Å². The zero-order chi connectivity index (χ0) is 23.1. The number of esters is 1. The second-order valence-electron chi connectivity index (χ2n) is 8.19. The Kier molecular flexibility index (Phi) is 8.03. The Morgan fingerprint density at radius 1 is 1.19 bits per heavy atom. The first-order valence-corrected chi connectivity index (χ1v) is 12.3. The third-order valence-electron chi connectivity index (χ3n) is 5.62. The van der Waals surface area contributed by atoms with E-state index in [1.54, 1.807) is 24.3 Å². The molecule has 0 spiro atoms. The van der Waals surface area contributed by atoms with E-state index in [0.29, 0.717) is 12.0 Å². The molecule has 1 heterocycles. The summed E-state index contributed by atoms with van der Waals surface area (Å²) in [4.78, 5) is 36.0. The second kappa shape index (κ2) is 10.7. The molecule has 1 saturated carbocycles. The van der Waals surface area contributed by atoms with Gasteiger partial charge >= 0.3 is 5.97 Å². The van der Waals surface area contributed by atoms with Crippen molar-refractivity contribution in [3.63, 3.8) is 0 Å². The summed E-state index contributed by atoms with van der Waals surface area (Å²) in [5.74, 6) is -1.50. The molecular weight excluding hydrogens is 434 g/mol. The van der Waals surface area contributed by atoms with Crippen molar-refractivity contribution in [2.24, 2.45) is 5.92 Å². The minimum absolute atomic E-state index is 0.208. The maximum absolute atomic E-state index is 13.0. The van der Waals surface area contributed by atoms with Gasteiger partial charge in [-0.25, -0.2) is 8.42 Å².